The lowest BCUT2D eigenvalue weighted by Gasteiger charge is -2.06. The van der Waals surface area contributed by atoms with Crippen molar-refractivity contribution in [2.24, 2.45) is 0 Å². The Bertz CT molecular complexity index is 919. The molecule has 2 rings (SSSR count). The molecule has 0 aromatic heterocycles. The smallest absolute Gasteiger partial charge is 0.190 e. The summed E-state index contributed by atoms with van der Waals surface area (Å²) in [6, 6.07) is 12.0. The lowest BCUT2D eigenvalue weighted by Crippen LogP contribution is -2.16. The number of thioether (sulfide) groups is 1. The topological polar surface area (TPSA) is 17.1 Å². The summed E-state index contributed by atoms with van der Waals surface area (Å²) in [5.41, 5.74) is 8.80. The van der Waals surface area contributed by atoms with Gasteiger partial charge in [-0.3, -0.25) is 4.79 Å². The minimum atomic E-state index is -1.37. The van der Waals surface area contributed by atoms with Gasteiger partial charge in [0.15, 0.2) is 5.12 Å². The number of rotatable bonds is 1. The Balaban J connectivity index is 2.26. The first-order valence-corrected chi connectivity index (χ1v) is 12.9. The summed E-state index contributed by atoms with van der Waals surface area (Å²) >= 11 is 1.24. The van der Waals surface area contributed by atoms with Crippen LogP contribution in [0, 0.1) is 37.2 Å². The number of benzene rings is 2. The molecule has 0 aliphatic heterocycles. The maximum Gasteiger partial charge on any atom is 0.190 e. The van der Waals surface area contributed by atoms with Crippen LogP contribution in [-0.2, 0) is 4.79 Å². The van der Waals surface area contributed by atoms with Crippen molar-refractivity contribution in [1.82, 2.24) is 0 Å². The Kier molecular flexibility index (Phi) is 6.54. The number of carbonyl (C=O) groups is 1. The zero-order valence-electron chi connectivity index (χ0n) is 16.3. The van der Waals surface area contributed by atoms with E-state index in [-0.39, 0.29) is 5.12 Å². The third-order valence-electron chi connectivity index (χ3n) is 3.56. The quantitative estimate of drug-likeness (QED) is 0.368. The number of hydrogen-bond donors (Lipinski definition) is 0. The molecule has 0 atom stereocenters. The predicted molar refractivity (Wildman–Crippen MR) is 115 cm³/mol. The molecule has 0 saturated carbocycles. The van der Waals surface area contributed by atoms with Gasteiger partial charge < -0.3 is 0 Å². The fourth-order valence-corrected chi connectivity index (χ4v) is 3.52. The molecule has 0 fully saturated rings. The van der Waals surface area contributed by atoms with E-state index < -0.39 is 8.07 Å². The van der Waals surface area contributed by atoms with Gasteiger partial charge in [0.05, 0.1) is 0 Å². The molecule has 0 spiro atoms. The van der Waals surface area contributed by atoms with Gasteiger partial charge in [0, 0.05) is 28.5 Å². The number of carbonyl (C=O) groups excluding carboxylic acids is 1. The van der Waals surface area contributed by atoms with Gasteiger partial charge in [0.25, 0.3) is 0 Å². The van der Waals surface area contributed by atoms with Crippen LogP contribution >= 0.6 is 11.8 Å². The van der Waals surface area contributed by atoms with Crippen molar-refractivity contribution in [3.8, 4) is 23.3 Å². The highest BCUT2D eigenvalue weighted by Gasteiger charge is 2.08. The largest absolute Gasteiger partial charge is 0.287 e. The van der Waals surface area contributed by atoms with Gasteiger partial charge in [-0.15, -0.1) is 5.54 Å². The Labute approximate surface area is 162 Å². The molecule has 0 aliphatic carbocycles. The van der Waals surface area contributed by atoms with E-state index in [9.17, 15) is 4.79 Å². The molecule has 0 N–H and O–H groups in total. The second kappa shape index (κ2) is 8.45. The minimum absolute atomic E-state index is 0.0902. The third-order valence-corrected chi connectivity index (χ3v) is 5.23. The van der Waals surface area contributed by atoms with Crippen LogP contribution in [0.25, 0.3) is 0 Å². The molecule has 0 amide bonds. The first kappa shape index (κ1) is 20.1. The van der Waals surface area contributed by atoms with Crippen LogP contribution in [0.1, 0.15) is 34.7 Å². The highest BCUT2D eigenvalue weighted by molar-refractivity contribution is 8.13. The van der Waals surface area contributed by atoms with Crippen LogP contribution in [0.5, 0.6) is 0 Å². The van der Waals surface area contributed by atoms with E-state index in [0.717, 1.165) is 32.7 Å². The maximum absolute atomic E-state index is 11.1. The molecule has 0 bridgehead atoms. The maximum atomic E-state index is 11.1. The number of hydrogen-bond acceptors (Lipinski definition) is 2. The summed E-state index contributed by atoms with van der Waals surface area (Å²) in [5.74, 6) is 9.84. The van der Waals surface area contributed by atoms with Crippen LogP contribution in [0.2, 0.25) is 19.6 Å². The molecule has 2 aromatic carbocycles. The first-order valence-electron chi connectivity index (χ1n) is 8.59. The summed E-state index contributed by atoms with van der Waals surface area (Å²) in [7, 11) is -1.37. The summed E-state index contributed by atoms with van der Waals surface area (Å²) in [5, 5.41) is 0.0902. The predicted octanol–water partition coefficient (Wildman–Crippen LogP) is 5.57. The van der Waals surface area contributed by atoms with Crippen LogP contribution in [0.3, 0.4) is 0 Å². The standard InChI is InChI=1S/C23H24OSSi/c1-17-15-21(13-14-26(4,5)6)16-18(2)23(17)12-9-20-7-10-22(11-8-20)25-19(3)24/h7-8,10-11,15-16H,1-6H3. The fourth-order valence-electron chi connectivity index (χ4n) is 2.40. The summed E-state index contributed by atoms with van der Waals surface area (Å²) in [6.45, 7) is 12.5. The van der Waals surface area contributed by atoms with Crippen LogP contribution < -0.4 is 0 Å². The molecule has 0 radical (unpaired) electrons. The van der Waals surface area contributed by atoms with Crippen molar-refractivity contribution in [3.05, 3.63) is 64.2 Å². The van der Waals surface area contributed by atoms with Crippen molar-refractivity contribution in [3.63, 3.8) is 0 Å². The Morgan fingerprint density at radius 1 is 0.885 bits per heavy atom. The molecular formula is C23H24OSSi. The highest BCUT2D eigenvalue weighted by atomic mass is 32.2. The second-order valence-electron chi connectivity index (χ2n) is 7.35. The zero-order chi connectivity index (χ0) is 19.3. The van der Waals surface area contributed by atoms with Crippen LogP contribution in [0.4, 0.5) is 0 Å². The van der Waals surface area contributed by atoms with Crippen molar-refractivity contribution in [2.45, 2.75) is 45.3 Å². The molecule has 132 valence electrons. The average molecular weight is 377 g/mol. The second-order valence-corrected chi connectivity index (χ2v) is 13.4. The molecule has 2 aromatic rings. The first-order chi connectivity index (χ1) is 12.1. The monoisotopic (exact) mass is 376 g/mol. The highest BCUT2D eigenvalue weighted by Crippen LogP contribution is 2.19. The lowest BCUT2D eigenvalue weighted by molar-refractivity contribution is -0.109. The Morgan fingerprint density at radius 3 is 1.96 bits per heavy atom. The lowest BCUT2D eigenvalue weighted by atomic mass is 9.99. The summed E-state index contributed by atoms with van der Waals surface area (Å²) in [4.78, 5) is 12.1. The van der Waals surface area contributed by atoms with Gasteiger partial charge in [-0.2, -0.15) is 0 Å². The Morgan fingerprint density at radius 2 is 1.46 bits per heavy atom. The third kappa shape index (κ3) is 6.26. The van der Waals surface area contributed by atoms with E-state index in [1.807, 2.05) is 24.3 Å². The molecular weight excluding hydrogens is 352 g/mol. The van der Waals surface area contributed by atoms with Gasteiger partial charge in [0.2, 0.25) is 0 Å². The molecule has 26 heavy (non-hydrogen) atoms. The van der Waals surface area contributed by atoms with Crippen LogP contribution in [0.15, 0.2) is 41.3 Å². The Hall–Kier alpha value is -2.20. The van der Waals surface area contributed by atoms with E-state index >= 15 is 0 Å². The van der Waals surface area contributed by atoms with Gasteiger partial charge in [-0.05, 0) is 61.4 Å². The van der Waals surface area contributed by atoms with Crippen LogP contribution in [-0.4, -0.2) is 13.2 Å². The van der Waals surface area contributed by atoms with E-state index in [4.69, 9.17) is 0 Å². The van der Waals surface area contributed by atoms with E-state index in [2.05, 4.69) is 68.9 Å². The van der Waals surface area contributed by atoms with Gasteiger partial charge in [-0.25, -0.2) is 0 Å². The van der Waals surface area contributed by atoms with Gasteiger partial charge in [0.1, 0.15) is 8.07 Å². The van der Waals surface area contributed by atoms with Crippen molar-refractivity contribution < 1.29 is 4.79 Å². The molecule has 0 aliphatic rings. The van der Waals surface area contributed by atoms with Crippen molar-refractivity contribution in [1.29, 1.82) is 0 Å². The van der Waals surface area contributed by atoms with Gasteiger partial charge >= 0.3 is 0 Å². The van der Waals surface area contributed by atoms with Crippen molar-refractivity contribution >= 4 is 25.0 Å². The molecule has 1 nitrogen and oxygen atoms in total. The number of aryl methyl sites for hydroxylation is 2. The van der Waals surface area contributed by atoms with Gasteiger partial charge in [-0.1, -0.05) is 49.2 Å². The normalized spacial score (nSPS) is 10.4. The SMILES string of the molecule is CC(=O)Sc1ccc(C#Cc2c(C)cc(C#C[Si](C)(C)C)cc2C)cc1. The minimum Gasteiger partial charge on any atom is -0.287 e. The fraction of sp³-hybridized carbons (Fsp3) is 0.261. The van der Waals surface area contributed by atoms with E-state index in [1.165, 1.54) is 11.8 Å². The molecule has 0 unspecified atom stereocenters. The average Bonchev–Trinajstić information content (AvgIpc) is 2.52. The summed E-state index contributed by atoms with van der Waals surface area (Å²) in [6.07, 6.45) is 0. The molecule has 0 saturated heterocycles. The van der Waals surface area contributed by atoms with E-state index in [0.29, 0.717) is 0 Å². The molecule has 3 heteroatoms. The molecule has 0 heterocycles. The van der Waals surface area contributed by atoms with Crippen molar-refractivity contribution in [2.75, 3.05) is 0 Å². The zero-order valence-corrected chi connectivity index (χ0v) is 18.1. The van der Waals surface area contributed by atoms with E-state index in [1.54, 1.807) is 6.92 Å². The summed E-state index contributed by atoms with van der Waals surface area (Å²) < 4.78 is 0.